The summed E-state index contributed by atoms with van der Waals surface area (Å²) in [5.41, 5.74) is 4.13. The highest BCUT2D eigenvalue weighted by Gasteiger charge is 2.50. The van der Waals surface area contributed by atoms with Crippen molar-refractivity contribution in [2.45, 2.75) is 69.4 Å². The van der Waals surface area contributed by atoms with E-state index in [-0.39, 0.29) is 17.7 Å². The summed E-state index contributed by atoms with van der Waals surface area (Å²) in [6.45, 7) is 0.839. The van der Waals surface area contributed by atoms with E-state index in [1.807, 2.05) is 42.5 Å². The molecule has 0 radical (unpaired) electrons. The highest BCUT2D eigenvalue weighted by atomic mass is 16.2. The third-order valence-electron chi connectivity index (χ3n) is 9.63. The second-order valence-electron chi connectivity index (χ2n) is 12.4. The molecule has 8 rings (SSSR count). The minimum Gasteiger partial charge on any atom is -0.320 e. The monoisotopic (exact) mass is 525 g/mol. The Morgan fingerprint density at radius 2 is 1.72 bits per heavy atom. The van der Waals surface area contributed by atoms with E-state index in [9.17, 15) is 14.4 Å². The first-order valence-corrected chi connectivity index (χ1v) is 14.3. The fourth-order valence-electron chi connectivity index (χ4n) is 8.26. The Morgan fingerprint density at radius 3 is 2.38 bits per heavy atom. The molecule has 3 amide bonds. The minimum atomic E-state index is -0.489. The van der Waals surface area contributed by atoms with E-state index >= 15 is 0 Å². The van der Waals surface area contributed by atoms with E-state index in [1.54, 1.807) is 11.7 Å². The maximum atomic E-state index is 13.2. The third kappa shape index (κ3) is 4.44. The van der Waals surface area contributed by atoms with Crippen molar-refractivity contribution in [1.82, 2.24) is 20.4 Å². The standard InChI is InChI=1S/C31H35N5O3/c1-36-28-23(27(35-36)24-9-10-26(37)34-30(24)39)3-2-4-25(28)33-29(38)22-7-5-18(6-8-22)17-32-31-14-19-11-20(15-31)13-21(12-19)16-31/h2-8,19-21,24,32H,9-17H2,1H3,(H,33,38)(H,34,37,39). The summed E-state index contributed by atoms with van der Waals surface area (Å²) in [6, 6.07) is 13.5. The summed E-state index contributed by atoms with van der Waals surface area (Å²) in [7, 11) is 1.80. The Labute approximate surface area is 227 Å². The molecule has 1 atom stereocenters. The predicted molar refractivity (Wildman–Crippen MR) is 148 cm³/mol. The van der Waals surface area contributed by atoms with Crippen LogP contribution in [0.3, 0.4) is 0 Å². The van der Waals surface area contributed by atoms with Gasteiger partial charge in [0.2, 0.25) is 11.8 Å². The van der Waals surface area contributed by atoms with Gasteiger partial charge in [-0.15, -0.1) is 0 Å². The van der Waals surface area contributed by atoms with Gasteiger partial charge < -0.3 is 10.6 Å². The predicted octanol–water partition coefficient (Wildman–Crippen LogP) is 4.40. The molecule has 1 saturated heterocycles. The van der Waals surface area contributed by atoms with Gasteiger partial charge in [-0.1, -0.05) is 24.3 Å². The zero-order valence-corrected chi connectivity index (χ0v) is 22.3. The lowest BCUT2D eigenvalue weighted by Gasteiger charge is -2.57. The number of para-hydroxylation sites is 1. The van der Waals surface area contributed by atoms with Gasteiger partial charge in [-0.05, 0) is 86.5 Å². The molecule has 8 nitrogen and oxygen atoms in total. The van der Waals surface area contributed by atoms with Crippen LogP contribution >= 0.6 is 0 Å². The molecule has 2 heterocycles. The maximum absolute atomic E-state index is 13.2. The van der Waals surface area contributed by atoms with Crippen molar-refractivity contribution in [3.8, 4) is 0 Å². The van der Waals surface area contributed by atoms with Gasteiger partial charge in [0.25, 0.3) is 5.91 Å². The van der Waals surface area contributed by atoms with Crippen molar-refractivity contribution in [3.63, 3.8) is 0 Å². The summed E-state index contributed by atoms with van der Waals surface area (Å²) in [5, 5.41) is 14.8. The number of fused-ring (bicyclic) bond motifs is 1. The Morgan fingerprint density at radius 1 is 1.03 bits per heavy atom. The number of hydrogen-bond acceptors (Lipinski definition) is 5. The Balaban J connectivity index is 1.05. The molecule has 0 spiro atoms. The molecular weight excluding hydrogens is 490 g/mol. The number of aromatic nitrogens is 2. The van der Waals surface area contributed by atoms with Gasteiger partial charge in [-0.2, -0.15) is 5.10 Å². The summed E-state index contributed by atoms with van der Waals surface area (Å²) in [5.74, 6) is 1.50. The highest BCUT2D eigenvalue weighted by Crippen LogP contribution is 2.55. The molecule has 1 unspecified atom stereocenters. The second-order valence-corrected chi connectivity index (χ2v) is 12.4. The van der Waals surface area contributed by atoms with Crippen molar-refractivity contribution in [2.75, 3.05) is 5.32 Å². The molecule has 1 aromatic heterocycles. The zero-order chi connectivity index (χ0) is 26.7. The number of hydrogen-bond donors (Lipinski definition) is 3. The molecular formula is C31H35N5O3. The number of nitrogens with zero attached hydrogens (tertiary/aromatic N) is 2. The molecule has 1 aliphatic heterocycles. The Kier molecular flexibility index (Phi) is 5.84. The average molecular weight is 526 g/mol. The molecule has 39 heavy (non-hydrogen) atoms. The van der Waals surface area contributed by atoms with Crippen LogP contribution in [0, 0.1) is 17.8 Å². The number of aryl methyl sites for hydroxylation is 1. The van der Waals surface area contributed by atoms with Crippen LogP contribution in [0.5, 0.6) is 0 Å². The average Bonchev–Trinajstić information content (AvgIpc) is 3.24. The smallest absolute Gasteiger partial charge is 0.255 e. The molecule has 4 saturated carbocycles. The number of amides is 3. The van der Waals surface area contributed by atoms with Gasteiger partial charge in [-0.25, -0.2) is 0 Å². The van der Waals surface area contributed by atoms with Gasteiger partial charge in [0.15, 0.2) is 0 Å². The number of anilines is 1. The van der Waals surface area contributed by atoms with Crippen LogP contribution < -0.4 is 16.0 Å². The molecule has 2 aromatic carbocycles. The van der Waals surface area contributed by atoms with Crippen molar-refractivity contribution >= 4 is 34.3 Å². The first-order valence-electron chi connectivity index (χ1n) is 14.3. The van der Waals surface area contributed by atoms with Crippen molar-refractivity contribution in [1.29, 1.82) is 0 Å². The van der Waals surface area contributed by atoms with E-state index in [4.69, 9.17) is 0 Å². The molecule has 4 bridgehead atoms. The number of carbonyl (C=O) groups is 3. The molecule has 4 aliphatic carbocycles. The summed E-state index contributed by atoms with van der Waals surface area (Å²) < 4.78 is 1.70. The van der Waals surface area contributed by atoms with Crippen LogP contribution in [0.15, 0.2) is 42.5 Å². The van der Waals surface area contributed by atoms with Crippen LogP contribution in [0.1, 0.15) is 78.9 Å². The topological polar surface area (TPSA) is 105 Å². The van der Waals surface area contributed by atoms with E-state index in [0.29, 0.717) is 35.3 Å². The van der Waals surface area contributed by atoms with E-state index in [2.05, 4.69) is 21.0 Å². The summed E-state index contributed by atoms with van der Waals surface area (Å²) in [6.07, 6.45) is 9.01. The third-order valence-corrected chi connectivity index (χ3v) is 9.63. The van der Waals surface area contributed by atoms with Gasteiger partial charge in [-0.3, -0.25) is 24.4 Å². The first kappa shape index (κ1) is 24.5. The number of carbonyl (C=O) groups excluding carboxylic acids is 3. The van der Waals surface area contributed by atoms with Crippen molar-refractivity contribution < 1.29 is 14.4 Å². The SMILES string of the molecule is Cn1nc(C2CCC(=O)NC2=O)c2cccc(NC(=O)c3ccc(CNC45CC6CC(CC(C6)C4)C5)cc3)c21. The van der Waals surface area contributed by atoms with Crippen LogP contribution in [0.2, 0.25) is 0 Å². The Bertz CT molecular complexity index is 1440. The minimum absolute atomic E-state index is 0.188. The second kappa shape index (κ2) is 9.30. The van der Waals surface area contributed by atoms with Gasteiger partial charge in [0, 0.05) is 36.5 Å². The van der Waals surface area contributed by atoms with Crippen LogP contribution in [0.4, 0.5) is 5.69 Å². The van der Waals surface area contributed by atoms with E-state index in [1.165, 1.54) is 44.1 Å². The van der Waals surface area contributed by atoms with Crippen molar-refractivity contribution in [2.24, 2.45) is 24.8 Å². The number of piperidine rings is 1. The van der Waals surface area contributed by atoms with Gasteiger partial charge in [0.05, 0.1) is 22.8 Å². The quantitative estimate of drug-likeness (QED) is 0.414. The van der Waals surface area contributed by atoms with Crippen LogP contribution in [-0.4, -0.2) is 33.0 Å². The fraction of sp³-hybridized carbons (Fsp3) is 0.484. The van der Waals surface area contributed by atoms with E-state index in [0.717, 1.165) is 35.2 Å². The molecule has 5 aliphatic rings. The van der Waals surface area contributed by atoms with Gasteiger partial charge in [0.1, 0.15) is 0 Å². The number of benzene rings is 2. The normalized spacial score (nSPS) is 29.6. The molecule has 5 fully saturated rings. The first-order chi connectivity index (χ1) is 18.9. The lowest BCUT2D eigenvalue weighted by molar-refractivity contribution is -0.134. The molecule has 202 valence electrons. The molecule has 8 heteroatoms. The van der Waals surface area contributed by atoms with Crippen LogP contribution in [0.25, 0.3) is 10.9 Å². The number of imide groups is 1. The molecule has 3 aromatic rings. The highest BCUT2D eigenvalue weighted by molar-refractivity contribution is 6.09. The molecule has 3 N–H and O–H groups in total. The fourth-order valence-corrected chi connectivity index (χ4v) is 8.26. The number of rotatable bonds is 6. The Hall–Kier alpha value is -3.52. The zero-order valence-electron chi connectivity index (χ0n) is 22.3. The van der Waals surface area contributed by atoms with Crippen LogP contribution in [-0.2, 0) is 23.2 Å². The summed E-state index contributed by atoms with van der Waals surface area (Å²) in [4.78, 5) is 37.3. The van der Waals surface area contributed by atoms with E-state index < -0.39 is 5.92 Å². The lowest BCUT2D eigenvalue weighted by Crippen LogP contribution is -2.58. The largest absolute Gasteiger partial charge is 0.320 e. The van der Waals surface area contributed by atoms with Gasteiger partial charge >= 0.3 is 0 Å². The summed E-state index contributed by atoms with van der Waals surface area (Å²) >= 11 is 0. The van der Waals surface area contributed by atoms with Crippen molar-refractivity contribution in [3.05, 3.63) is 59.3 Å². The maximum Gasteiger partial charge on any atom is 0.255 e. The number of nitrogens with one attached hydrogen (secondary N) is 3. The lowest BCUT2D eigenvalue weighted by atomic mass is 9.53.